The van der Waals surface area contributed by atoms with Crippen LogP contribution in [0.5, 0.6) is 0 Å². The van der Waals surface area contributed by atoms with E-state index in [0.717, 1.165) is 16.7 Å². The van der Waals surface area contributed by atoms with E-state index >= 15 is 0 Å². The van der Waals surface area contributed by atoms with E-state index in [4.69, 9.17) is 0 Å². The van der Waals surface area contributed by atoms with Crippen molar-refractivity contribution in [2.24, 2.45) is 0 Å². The molecule has 1 fully saturated rings. The summed E-state index contributed by atoms with van der Waals surface area (Å²) in [6, 6.07) is 14.3. The van der Waals surface area contributed by atoms with Crippen molar-refractivity contribution in [1.82, 2.24) is 15.5 Å². The fraction of sp³-hybridized carbons (Fsp3) is 0.273. The van der Waals surface area contributed by atoms with Gasteiger partial charge in [0.2, 0.25) is 17.7 Å². The number of amides is 4. The molecule has 1 atom stereocenters. The summed E-state index contributed by atoms with van der Waals surface area (Å²) in [5, 5.41) is 5.20. The highest BCUT2D eigenvalue weighted by Crippen LogP contribution is 2.28. The maximum absolute atomic E-state index is 12.7. The van der Waals surface area contributed by atoms with Gasteiger partial charge in [0.1, 0.15) is 6.04 Å². The molecule has 2 N–H and O–H groups in total. The molecule has 7 nitrogen and oxygen atoms in total. The standard InChI is InChI=1S/C22H21N3O4/c26-19-9-8-18(21(28)24-19)25-13-16-10-15(6-7-17(16)22(25)29)12-23-20(27)11-14-4-2-1-3-5-14/h1-7,10,18H,8-9,11-13H2,(H,23,27)(H,24,26,28). The molecule has 0 aromatic heterocycles. The average molecular weight is 391 g/mol. The van der Waals surface area contributed by atoms with Gasteiger partial charge in [0.15, 0.2) is 0 Å². The Morgan fingerprint density at radius 2 is 1.86 bits per heavy atom. The molecule has 0 spiro atoms. The number of piperidine rings is 1. The second kappa shape index (κ2) is 7.87. The molecular formula is C22H21N3O4. The van der Waals surface area contributed by atoms with Crippen molar-refractivity contribution < 1.29 is 19.2 Å². The van der Waals surface area contributed by atoms with E-state index in [9.17, 15) is 19.2 Å². The Balaban J connectivity index is 1.39. The van der Waals surface area contributed by atoms with Gasteiger partial charge in [-0.15, -0.1) is 0 Å². The third-order valence-corrected chi connectivity index (χ3v) is 5.29. The number of rotatable bonds is 5. The topological polar surface area (TPSA) is 95.6 Å². The molecule has 2 heterocycles. The third kappa shape index (κ3) is 4.03. The second-order valence-electron chi connectivity index (χ2n) is 7.33. The largest absolute Gasteiger partial charge is 0.352 e. The summed E-state index contributed by atoms with van der Waals surface area (Å²) in [5.74, 6) is -0.994. The number of fused-ring (bicyclic) bond motifs is 1. The van der Waals surface area contributed by atoms with Crippen molar-refractivity contribution in [3.05, 3.63) is 70.8 Å². The predicted molar refractivity (Wildman–Crippen MR) is 104 cm³/mol. The van der Waals surface area contributed by atoms with Gasteiger partial charge in [0.05, 0.1) is 6.42 Å². The van der Waals surface area contributed by atoms with Crippen LogP contribution < -0.4 is 10.6 Å². The number of carbonyl (C=O) groups excluding carboxylic acids is 4. The first kappa shape index (κ1) is 18.9. The van der Waals surface area contributed by atoms with Crippen molar-refractivity contribution in [3.63, 3.8) is 0 Å². The summed E-state index contributed by atoms with van der Waals surface area (Å²) in [5.41, 5.74) is 3.23. The minimum absolute atomic E-state index is 0.0713. The van der Waals surface area contributed by atoms with Gasteiger partial charge in [-0.25, -0.2) is 0 Å². The van der Waals surface area contributed by atoms with Crippen LogP contribution in [0.2, 0.25) is 0 Å². The molecule has 29 heavy (non-hydrogen) atoms. The smallest absolute Gasteiger partial charge is 0.255 e. The van der Waals surface area contributed by atoms with E-state index in [0.29, 0.717) is 31.5 Å². The first-order valence-electron chi connectivity index (χ1n) is 9.58. The molecule has 4 rings (SSSR count). The van der Waals surface area contributed by atoms with Crippen LogP contribution in [-0.2, 0) is 33.9 Å². The van der Waals surface area contributed by atoms with Crippen molar-refractivity contribution in [2.45, 2.75) is 38.4 Å². The molecule has 4 amide bonds. The van der Waals surface area contributed by atoms with E-state index in [1.807, 2.05) is 42.5 Å². The number of imide groups is 1. The van der Waals surface area contributed by atoms with Crippen LogP contribution in [-0.4, -0.2) is 34.6 Å². The molecule has 0 saturated carbocycles. The first-order chi connectivity index (χ1) is 14.0. The highest BCUT2D eigenvalue weighted by atomic mass is 16.2. The third-order valence-electron chi connectivity index (χ3n) is 5.29. The van der Waals surface area contributed by atoms with Crippen molar-refractivity contribution >= 4 is 23.6 Å². The zero-order valence-electron chi connectivity index (χ0n) is 15.8. The van der Waals surface area contributed by atoms with E-state index in [-0.39, 0.29) is 24.1 Å². The number of nitrogens with zero attached hydrogens (tertiary/aromatic N) is 1. The van der Waals surface area contributed by atoms with Gasteiger partial charge in [-0.05, 0) is 29.2 Å². The Morgan fingerprint density at radius 1 is 1.07 bits per heavy atom. The Bertz CT molecular complexity index is 987. The maximum Gasteiger partial charge on any atom is 0.255 e. The molecule has 2 aromatic carbocycles. The minimum Gasteiger partial charge on any atom is -0.352 e. The maximum atomic E-state index is 12.7. The Morgan fingerprint density at radius 3 is 2.62 bits per heavy atom. The van der Waals surface area contributed by atoms with Gasteiger partial charge < -0.3 is 10.2 Å². The molecule has 2 aliphatic heterocycles. The highest BCUT2D eigenvalue weighted by molar-refractivity contribution is 6.05. The van der Waals surface area contributed by atoms with Gasteiger partial charge in [-0.1, -0.05) is 42.5 Å². The number of hydrogen-bond acceptors (Lipinski definition) is 4. The minimum atomic E-state index is -0.623. The molecule has 148 valence electrons. The van der Waals surface area contributed by atoms with Crippen LogP contribution in [0.25, 0.3) is 0 Å². The molecule has 2 aromatic rings. The highest BCUT2D eigenvalue weighted by Gasteiger charge is 2.38. The fourth-order valence-corrected chi connectivity index (χ4v) is 3.78. The second-order valence-corrected chi connectivity index (χ2v) is 7.33. The van der Waals surface area contributed by atoms with E-state index in [1.165, 1.54) is 4.90 Å². The summed E-state index contributed by atoms with van der Waals surface area (Å²) in [4.78, 5) is 49.8. The van der Waals surface area contributed by atoms with Crippen molar-refractivity contribution in [3.8, 4) is 0 Å². The summed E-state index contributed by atoms with van der Waals surface area (Å²) in [6.45, 7) is 0.692. The molecule has 7 heteroatoms. The summed E-state index contributed by atoms with van der Waals surface area (Å²) >= 11 is 0. The zero-order valence-corrected chi connectivity index (χ0v) is 15.8. The quantitative estimate of drug-likeness (QED) is 0.751. The van der Waals surface area contributed by atoms with Gasteiger partial charge in [-0.2, -0.15) is 0 Å². The van der Waals surface area contributed by atoms with Gasteiger partial charge in [0, 0.05) is 25.1 Å². The van der Waals surface area contributed by atoms with Crippen molar-refractivity contribution in [2.75, 3.05) is 0 Å². The fourth-order valence-electron chi connectivity index (χ4n) is 3.78. The summed E-state index contributed by atoms with van der Waals surface area (Å²) < 4.78 is 0. The molecule has 0 radical (unpaired) electrons. The average Bonchev–Trinajstić information content (AvgIpc) is 3.03. The number of benzene rings is 2. The lowest BCUT2D eigenvalue weighted by Gasteiger charge is -2.29. The Hall–Kier alpha value is -3.48. The van der Waals surface area contributed by atoms with Gasteiger partial charge >= 0.3 is 0 Å². The summed E-state index contributed by atoms with van der Waals surface area (Å²) in [7, 11) is 0. The Kier molecular flexibility index (Phi) is 5.12. The van der Waals surface area contributed by atoms with E-state index in [1.54, 1.807) is 6.07 Å². The number of nitrogens with one attached hydrogen (secondary N) is 2. The van der Waals surface area contributed by atoms with Crippen LogP contribution in [0.1, 0.15) is 39.9 Å². The van der Waals surface area contributed by atoms with Crippen LogP contribution in [0.15, 0.2) is 48.5 Å². The SMILES string of the molecule is O=C(Cc1ccccc1)NCc1ccc2c(c1)CN(C1CCC(=O)NC1=O)C2=O. The Labute approximate surface area is 168 Å². The van der Waals surface area contributed by atoms with Crippen LogP contribution in [0.3, 0.4) is 0 Å². The van der Waals surface area contributed by atoms with Gasteiger partial charge in [0.25, 0.3) is 5.91 Å². The lowest BCUT2D eigenvalue weighted by atomic mass is 10.0. The van der Waals surface area contributed by atoms with Crippen molar-refractivity contribution in [1.29, 1.82) is 0 Å². The lowest BCUT2D eigenvalue weighted by Crippen LogP contribution is -2.52. The summed E-state index contributed by atoms with van der Waals surface area (Å²) in [6.07, 6.45) is 0.885. The van der Waals surface area contributed by atoms with Crippen LogP contribution >= 0.6 is 0 Å². The molecule has 2 aliphatic rings. The number of carbonyl (C=O) groups is 4. The first-order valence-corrected chi connectivity index (χ1v) is 9.58. The molecular weight excluding hydrogens is 370 g/mol. The molecule has 1 saturated heterocycles. The lowest BCUT2D eigenvalue weighted by molar-refractivity contribution is -0.137. The number of hydrogen-bond donors (Lipinski definition) is 2. The normalized spacial score (nSPS) is 18.4. The van der Waals surface area contributed by atoms with Crippen LogP contribution in [0, 0.1) is 0 Å². The van der Waals surface area contributed by atoms with Gasteiger partial charge in [-0.3, -0.25) is 24.5 Å². The monoisotopic (exact) mass is 391 g/mol. The molecule has 0 bridgehead atoms. The predicted octanol–water partition coefficient (Wildman–Crippen LogP) is 1.31. The molecule has 0 aliphatic carbocycles. The zero-order chi connectivity index (χ0) is 20.4. The molecule has 1 unspecified atom stereocenters. The van der Waals surface area contributed by atoms with E-state index < -0.39 is 11.9 Å². The van der Waals surface area contributed by atoms with E-state index in [2.05, 4.69) is 10.6 Å². The van der Waals surface area contributed by atoms with Crippen LogP contribution in [0.4, 0.5) is 0 Å².